The number of primary amides is 1. The topological polar surface area (TPSA) is 90.1 Å². The summed E-state index contributed by atoms with van der Waals surface area (Å²) in [5, 5.41) is 4.91. The summed E-state index contributed by atoms with van der Waals surface area (Å²) in [7, 11) is 1.54. The molecule has 0 saturated carbocycles. The number of aromatic nitrogens is 2. The molecule has 0 aliphatic carbocycles. The van der Waals surface area contributed by atoms with Gasteiger partial charge in [0, 0.05) is 16.8 Å². The van der Waals surface area contributed by atoms with Crippen molar-refractivity contribution in [2.24, 2.45) is 5.73 Å². The van der Waals surface area contributed by atoms with Gasteiger partial charge in [-0.3, -0.25) is 4.79 Å². The van der Waals surface area contributed by atoms with Gasteiger partial charge in [0.15, 0.2) is 0 Å². The number of hydrogen-bond donors (Lipinski definition) is 2. The third-order valence-electron chi connectivity index (χ3n) is 3.37. The molecule has 0 aliphatic heterocycles. The highest BCUT2D eigenvalue weighted by Crippen LogP contribution is 2.35. The molecule has 0 bridgehead atoms. The van der Waals surface area contributed by atoms with Crippen molar-refractivity contribution in [2.45, 2.75) is 10.8 Å². The number of ether oxygens (including phenoxy) is 1. The number of rotatable bonds is 7. The van der Waals surface area contributed by atoms with E-state index >= 15 is 0 Å². The number of pyridine rings is 1. The van der Waals surface area contributed by atoms with Gasteiger partial charge in [0.2, 0.25) is 5.88 Å². The van der Waals surface area contributed by atoms with E-state index in [0.29, 0.717) is 38.1 Å². The zero-order chi connectivity index (χ0) is 18.5. The average Bonchev–Trinajstić information content (AvgIpc) is 3.04. The smallest absolute Gasteiger partial charge is 0.254 e. The Hall–Kier alpha value is -2.29. The minimum Gasteiger partial charge on any atom is -0.481 e. The lowest BCUT2D eigenvalue weighted by Gasteiger charge is -2.06. The first-order valence-corrected chi connectivity index (χ1v) is 9.65. The van der Waals surface area contributed by atoms with Crippen LogP contribution in [0.25, 0.3) is 0 Å². The lowest BCUT2D eigenvalue weighted by molar-refractivity contribution is 0.0998. The fourth-order valence-corrected chi connectivity index (χ4v) is 4.18. The summed E-state index contributed by atoms with van der Waals surface area (Å²) < 4.78 is 9.47. The summed E-state index contributed by atoms with van der Waals surface area (Å²) in [5.74, 6) is 1.13. The van der Waals surface area contributed by atoms with Crippen molar-refractivity contribution in [2.75, 3.05) is 12.4 Å². The minimum atomic E-state index is -0.539. The van der Waals surface area contributed by atoms with Crippen molar-refractivity contribution in [3.63, 3.8) is 0 Å². The van der Waals surface area contributed by atoms with Crippen LogP contribution in [0.4, 0.5) is 10.8 Å². The normalized spacial score (nSPS) is 10.5. The second-order valence-corrected chi connectivity index (χ2v) is 7.34. The summed E-state index contributed by atoms with van der Waals surface area (Å²) in [6.07, 6.45) is 0. The monoisotopic (exact) mass is 406 g/mol. The van der Waals surface area contributed by atoms with E-state index in [1.807, 2.05) is 24.3 Å². The number of benzene rings is 1. The lowest BCUT2D eigenvalue weighted by Crippen LogP contribution is -2.13. The quantitative estimate of drug-likeness (QED) is 0.567. The molecule has 0 fully saturated rings. The molecular weight excluding hydrogens is 392 g/mol. The zero-order valence-electron chi connectivity index (χ0n) is 13.7. The predicted octanol–water partition coefficient (Wildman–Crippen LogP) is 4.33. The summed E-state index contributed by atoms with van der Waals surface area (Å²) in [6.45, 7) is 0. The molecule has 0 radical (unpaired) electrons. The third kappa shape index (κ3) is 4.46. The van der Waals surface area contributed by atoms with E-state index in [4.69, 9.17) is 22.1 Å². The number of amides is 1. The maximum atomic E-state index is 11.9. The highest BCUT2D eigenvalue weighted by Gasteiger charge is 2.20. The molecule has 6 nitrogen and oxygen atoms in total. The van der Waals surface area contributed by atoms with Crippen LogP contribution in [0.1, 0.15) is 15.9 Å². The Labute approximate surface area is 163 Å². The van der Waals surface area contributed by atoms with Crippen molar-refractivity contribution in [1.82, 2.24) is 9.36 Å². The van der Waals surface area contributed by atoms with Crippen molar-refractivity contribution in [3.8, 4) is 5.88 Å². The van der Waals surface area contributed by atoms with Crippen LogP contribution >= 0.6 is 34.9 Å². The summed E-state index contributed by atoms with van der Waals surface area (Å²) in [4.78, 5) is 16.2. The van der Waals surface area contributed by atoms with Gasteiger partial charge in [-0.25, -0.2) is 0 Å². The standard InChI is InChI=1S/C17H15ClN4O2S2/c1-24-13-4-2-3-12(20-13)21-16-14(15(19)23)17(22-26-16)25-9-10-5-7-11(18)8-6-10/h2-8H,9H2,1H3,(H2,19,23)(H,20,21). The molecule has 2 heterocycles. The van der Waals surface area contributed by atoms with E-state index in [0.717, 1.165) is 5.56 Å². The molecule has 2 aromatic heterocycles. The van der Waals surface area contributed by atoms with Crippen LogP contribution in [-0.4, -0.2) is 22.4 Å². The molecule has 1 aromatic carbocycles. The van der Waals surface area contributed by atoms with Gasteiger partial charge in [-0.1, -0.05) is 41.6 Å². The number of anilines is 2. The van der Waals surface area contributed by atoms with Crippen LogP contribution in [0.3, 0.4) is 0 Å². The Balaban J connectivity index is 1.79. The molecule has 1 amide bonds. The number of carbonyl (C=O) groups is 1. The van der Waals surface area contributed by atoms with Gasteiger partial charge in [-0.2, -0.15) is 9.36 Å². The Bertz CT molecular complexity index is 915. The van der Waals surface area contributed by atoms with Gasteiger partial charge in [-0.05, 0) is 35.3 Å². The Morgan fingerprint density at radius 1 is 1.31 bits per heavy atom. The highest BCUT2D eigenvalue weighted by molar-refractivity contribution is 7.98. The molecule has 134 valence electrons. The summed E-state index contributed by atoms with van der Waals surface area (Å²) in [6, 6.07) is 12.8. The first-order chi connectivity index (χ1) is 12.6. The first-order valence-electron chi connectivity index (χ1n) is 7.51. The van der Waals surface area contributed by atoms with Gasteiger partial charge < -0.3 is 15.8 Å². The molecular formula is C17H15ClN4O2S2. The molecule has 3 aromatic rings. The molecule has 26 heavy (non-hydrogen) atoms. The van der Waals surface area contributed by atoms with Crippen molar-refractivity contribution in [3.05, 3.63) is 58.6 Å². The number of nitrogens with two attached hydrogens (primary N) is 1. The van der Waals surface area contributed by atoms with E-state index in [-0.39, 0.29) is 0 Å². The van der Waals surface area contributed by atoms with Gasteiger partial charge in [0.05, 0.1) is 7.11 Å². The van der Waals surface area contributed by atoms with E-state index in [1.54, 1.807) is 25.3 Å². The van der Waals surface area contributed by atoms with Crippen LogP contribution in [0.2, 0.25) is 5.02 Å². The first kappa shape index (κ1) is 18.5. The second kappa shape index (κ2) is 8.39. The summed E-state index contributed by atoms with van der Waals surface area (Å²) in [5.41, 5.74) is 7.01. The maximum Gasteiger partial charge on any atom is 0.254 e. The van der Waals surface area contributed by atoms with Crippen molar-refractivity contribution < 1.29 is 9.53 Å². The van der Waals surface area contributed by atoms with Gasteiger partial charge >= 0.3 is 0 Å². The second-order valence-electron chi connectivity index (χ2n) is 5.16. The third-order valence-corrected chi connectivity index (χ3v) is 5.55. The number of nitrogens with zero attached hydrogens (tertiary/aromatic N) is 2. The Morgan fingerprint density at radius 2 is 2.08 bits per heavy atom. The predicted molar refractivity (Wildman–Crippen MR) is 106 cm³/mol. The van der Waals surface area contributed by atoms with Gasteiger partial charge in [0.25, 0.3) is 5.91 Å². The van der Waals surface area contributed by atoms with Crippen molar-refractivity contribution >= 4 is 51.6 Å². The molecule has 3 rings (SSSR count). The molecule has 0 atom stereocenters. The molecule has 0 unspecified atom stereocenters. The lowest BCUT2D eigenvalue weighted by atomic mass is 10.2. The largest absolute Gasteiger partial charge is 0.481 e. The van der Waals surface area contributed by atoms with Gasteiger partial charge in [0.1, 0.15) is 21.4 Å². The number of halogens is 1. The number of nitrogens with one attached hydrogen (secondary N) is 1. The number of carbonyl (C=O) groups excluding carboxylic acids is 1. The van der Waals surface area contributed by atoms with Crippen LogP contribution in [0.15, 0.2) is 47.5 Å². The molecule has 0 spiro atoms. The van der Waals surface area contributed by atoms with E-state index in [1.165, 1.54) is 23.3 Å². The fourth-order valence-electron chi connectivity index (χ4n) is 2.12. The van der Waals surface area contributed by atoms with Gasteiger partial charge in [-0.15, -0.1) is 0 Å². The number of methoxy groups -OCH3 is 1. The summed E-state index contributed by atoms with van der Waals surface area (Å²) >= 11 is 8.51. The Kier molecular flexibility index (Phi) is 5.97. The zero-order valence-corrected chi connectivity index (χ0v) is 16.1. The Morgan fingerprint density at radius 3 is 2.77 bits per heavy atom. The highest BCUT2D eigenvalue weighted by atomic mass is 35.5. The number of thioether (sulfide) groups is 1. The van der Waals surface area contributed by atoms with Crippen LogP contribution in [0.5, 0.6) is 5.88 Å². The molecule has 3 N–H and O–H groups in total. The molecule has 0 aliphatic rings. The van der Waals surface area contributed by atoms with Crippen LogP contribution in [0, 0.1) is 0 Å². The van der Waals surface area contributed by atoms with E-state index < -0.39 is 5.91 Å². The maximum absolute atomic E-state index is 11.9. The van der Waals surface area contributed by atoms with Crippen LogP contribution in [-0.2, 0) is 5.75 Å². The van der Waals surface area contributed by atoms with Crippen LogP contribution < -0.4 is 15.8 Å². The van der Waals surface area contributed by atoms with E-state index in [2.05, 4.69) is 14.7 Å². The van der Waals surface area contributed by atoms with Crippen molar-refractivity contribution in [1.29, 1.82) is 0 Å². The minimum absolute atomic E-state index is 0.360. The molecule has 0 saturated heterocycles. The average molecular weight is 407 g/mol. The van der Waals surface area contributed by atoms with E-state index in [9.17, 15) is 4.79 Å². The SMILES string of the molecule is COc1cccc(Nc2snc(SCc3ccc(Cl)cc3)c2C(N)=O)n1. The number of hydrogen-bond acceptors (Lipinski definition) is 7. The molecule has 9 heteroatoms. The fraction of sp³-hybridized carbons (Fsp3) is 0.118.